The number of ether oxygens (including phenoxy) is 1. The van der Waals surface area contributed by atoms with Crippen molar-refractivity contribution in [1.82, 2.24) is 20.2 Å². The number of aromatic nitrogens is 2. The van der Waals surface area contributed by atoms with Crippen LogP contribution in [-0.4, -0.2) is 52.7 Å². The largest absolute Gasteiger partial charge is 0.457 e. The highest BCUT2D eigenvalue weighted by Gasteiger charge is 2.32. The van der Waals surface area contributed by atoms with Crippen LogP contribution in [0.2, 0.25) is 0 Å². The first-order valence-corrected chi connectivity index (χ1v) is 15.3. The molecule has 42 heavy (non-hydrogen) atoms. The minimum absolute atomic E-state index is 0.0325. The van der Waals surface area contributed by atoms with E-state index in [9.17, 15) is 4.79 Å². The van der Waals surface area contributed by atoms with Gasteiger partial charge in [0.05, 0.1) is 29.1 Å². The van der Waals surface area contributed by atoms with Crippen molar-refractivity contribution >= 4 is 17.4 Å². The predicted octanol–water partition coefficient (Wildman–Crippen LogP) is 6.17. The maximum Gasteiger partial charge on any atom is 0.237 e. The summed E-state index contributed by atoms with van der Waals surface area (Å²) in [6.07, 6.45) is 8.70. The van der Waals surface area contributed by atoms with Crippen LogP contribution in [-0.2, 0) is 4.79 Å². The van der Waals surface area contributed by atoms with Gasteiger partial charge in [-0.3, -0.25) is 14.7 Å². The molecular weight excluding hydrogens is 524 g/mol. The molecule has 1 saturated carbocycles. The molecule has 8 heteroatoms. The van der Waals surface area contributed by atoms with Gasteiger partial charge in [0.15, 0.2) is 0 Å². The number of para-hydroxylation sites is 1. The van der Waals surface area contributed by atoms with Crippen molar-refractivity contribution in [1.29, 1.82) is 0 Å². The fourth-order valence-electron chi connectivity index (χ4n) is 6.20. The van der Waals surface area contributed by atoms with E-state index in [-0.39, 0.29) is 24.0 Å². The first kappa shape index (κ1) is 29.7. The lowest BCUT2D eigenvalue weighted by Gasteiger charge is -2.32. The highest BCUT2D eigenvalue weighted by Crippen LogP contribution is 2.38. The number of aliphatic imine (C=N–C) groups is 1. The molecule has 1 aliphatic heterocycles. The van der Waals surface area contributed by atoms with E-state index in [1.807, 2.05) is 73.6 Å². The first-order chi connectivity index (χ1) is 20.3. The zero-order valence-electron chi connectivity index (χ0n) is 25.3. The van der Waals surface area contributed by atoms with Gasteiger partial charge in [0.2, 0.25) is 5.91 Å². The summed E-state index contributed by atoms with van der Waals surface area (Å²) in [6.45, 7) is 4.34. The summed E-state index contributed by atoms with van der Waals surface area (Å²) in [5, 5.41) is 3.34. The van der Waals surface area contributed by atoms with Gasteiger partial charge in [0, 0.05) is 11.6 Å². The van der Waals surface area contributed by atoms with E-state index in [0.717, 1.165) is 79.0 Å². The number of hydrogen-bond acceptors (Lipinski definition) is 7. The number of nitrogens with two attached hydrogens (primary N) is 1. The zero-order valence-corrected chi connectivity index (χ0v) is 25.3. The molecule has 3 aromatic rings. The summed E-state index contributed by atoms with van der Waals surface area (Å²) in [7, 11) is 3.99. The lowest BCUT2D eigenvalue weighted by atomic mass is 9.82. The molecule has 0 bridgehead atoms. The molecule has 8 nitrogen and oxygen atoms in total. The summed E-state index contributed by atoms with van der Waals surface area (Å²) in [4.78, 5) is 29.0. The SMILES string of the molecule is CC(C)C[C@H](C(=O)NC1CCC(CCC2N=C(c3ccc(Oc4ccccc4)cc3)c3c(N)ncnc32)CC1)N(C)C. The summed E-state index contributed by atoms with van der Waals surface area (Å²) >= 11 is 0. The normalized spacial score (nSPS) is 20.7. The van der Waals surface area contributed by atoms with Gasteiger partial charge in [-0.05, 0) is 107 Å². The van der Waals surface area contributed by atoms with Crippen LogP contribution < -0.4 is 15.8 Å². The first-order valence-electron chi connectivity index (χ1n) is 15.3. The lowest BCUT2D eigenvalue weighted by Crippen LogP contribution is -2.48. The van der Waals surface area contributed by atoms with Gasteiger partial charge < -0.3 is 15.8 Å². The van der Waals surface area contributed by atoms with E-state index in [1.54, 1.807) is 6.33 Å². The molecule has 0 saturated heterocycles. The minimum atomic E-state index is -0.0702. The van der Waals surface area contributed by atoms with Gasteiger partial charge in [-0.15, -0.1) is 0 Å². The number of carbonyl (C=O) groups excluding carboxylic acids is 1. The average molecular weight is 569 g/mol. The molecule has 222 valence electrons. The molecule has 1 amide bonds. The van der Waals surface area contributed by atoms with Gasteiger partial charge in [-0.1, -0.05) is 32.0 Å². The number of rotatable bonds is 11. The highest BCUT2D eigenvalue weighted by atomic mass is 16.5. The Morgan fingerprint density at radius 3 is 2.33 bits per heavy atom. The maximum absolute atomic E-state index is 13.0. The third kappa shape index (κ3) is 7.16. The number of fused-ring (bicyclic) bond motifs is 1. The number of likely N-dealkylation sites (N-methyl/N-ethyl adjacent to an activating group) is 1. The van der Waals surface area contributed by atoms with Crippen molar-refractivity contribution < 1.29 is 9.53 Å². The number of anilines is 1. The van der Waals surface area contributed by atoms with Crippen molar-refractivity contribution in [3.8, 4) is 11.5 Å². The van der Waals surface area contributed by atoms with Crippen molar-refractivity contribution in [2.24, 2.45) is 16.8 Å². The van der Waals surface area contributed by atoms with E-state index in [2.05, 4.69) is 29.1 Å². The van der Waals surface area contributed by atoms with Crippen LogP contribution in [0.4, 0.5) is 5.82 Å². The Morgan fingerprint density at radius 1 is 0.976 bits per heavy atom. The van der Waals surface area contributed by atoms with Crippen LogP contribution in [0.25, 0.3) is 0 Å². The second-order valence-electron chi connectivity index (χ2n) is 12.4. The molecule has 1 aromatic heterocycles. The third-order valence-corrected chi connectivity index (χ3v) is 8.51. The average Bonchev–Trinajstić information content (AvgIpc) is 3.36. The lowest BCUT2D eigenvalue weighted by molar-refractivity contribution is -0.127. The number of nitrogen functional groups attached to an aromatic ring is 1. The van der Waals surface area contributed by atoms with Crippen molar-refractivity contribution in [3.63, 3.8) is 0 Å². The molecule has 2 atom stereocenters. The smallest absolute Gasteiger partial charge is 0.237 e. The van der Waals surface area contributed by atoms with Crippen LogP contribution in [0.15, 0.2) is 65.9 Å². The van der Waals surface area contributed by atoms with Gasteiger partial charge in [0.25, 0.3) is 0 Å². The molecule has 3 N–H and O–H groups in total. The number of nitrogens with zero attached hydrogens (tertiary/aromatic N) is 4. The number of benzene rings is 2. The number of hydrogen-bond donors (Lipinski definition) is 2. The van der Waals surface area contributed by atoms with E-state index in [1.165, 1.54) is 0 Å². The maximum atomic E-state index is 13.0. The third-order valence-electron chi connectivity index (χ3n) is 8.51. The molecule has 1 unspecified atom stereocenters. The molecule has 2 aliphatic rings. The molecule has 0 radical (unpaired) electrons. The quantitative estimate of drug-likeness (QED) is 0.286. The van der Waals surface area contributed by atoms with Crippen LogP contribution >= 0.6 is 0 Å². The van der Waals surface area contributed by atoms with E-state index < -0.39 is 0 Å². The monoisotopic (exact) mass is 568 g/mol. The van der Waals surface area contributed by atoms with Crippen molar-refractivity contribution in [3.05, 3.63) is 77.7 Å². The molecule has 5 rings (SSSR count). The Morgan fingerprint density at radius 2 is 1.67 bits per heavy atom. The Kier molecular flexibility index (Phi) is 9.52. The second kappa shape index (κ2) is 13.5. The molecule has 1 aliphatic carbocycles. The van der Waals surface area contributed by atoms with Crippen LogP contribution in [0, 0.1) is 11.8 Å². The minimum Gasteiger partial charge on any atom is -0.457 e. The van der Waals surface area contributed by atoms with E-state index >= 15 is 0 Å². The van der Waals surface area contributed by atoms with E-state index in [4.69, 9.17) is 15.5 Å². The standard InChI is InChI=1S/C34H44N6O2/c1-22(2)20-29(40(3)4)34(41)38-25-15-10-23(11-16-25)12-19-28-32-30(33(35)37-21-36-32)31(39-28)24-13-17-27(18-14-24)42-26-8-6-5-7-9-26/h5-9,13-14,17-18,21-23,25,28-29H,10-12,15-16,19-20H2,1-4H3,(H,38,41)(H2,35,36,37)/t23?,25?,28?,29-/m1/s1. The Bertz CT molecular complexity index is 1360. The van der Waals surface area contributed by atoms with Crippen molar-refractivity contribution in [2.75, 3.05) is 19.8 Å². The van der Waals surface area contributed by atoms with Crippen molar-refractivity contribution in [2.45, 2.75) is 76.9 Å². The molecule has 1 fully saturated rings. The fourth-order valence-corrected chi connectivity index (χ4v) is 6.20. The Labute approximate surface area is 249 Å². The topological polar surface area (TPSA) is 106 Å². The van der Waals surface area contributed by atoms with Crippen LogP contribution in [0.5, 0.6) is 11.5 Å². The van der Waals surface area contributed by atoms with Crippen LogP contribution in [0.3, 0.4) is 0 Å². The van der Waals surface area contributed by atoms with Gasteiger partial charge in [-0.2, -0.15) is 0 Å². The Hall–Kier alpha value is -3.78. The molecule has 2 aromatic carbocycles. The second-order valence-corrected chi connectivity index (χ2v) is 12.4. The highest BCUT2D eigenvalue weighted by molar-refractivity contribution is 6.17. The van der Waals surface area contributed by atoms with Gasteiger partial charge in [0.1, 0.15) is 23.6 Å². The molecule has 2 heterocycles. The number of nitrogens with one attached hydrogen (secondary N) is 1. The van der Waals surface area contributed by atoms with Gasteiger partial charge in [-0.25, -0.2) is 9.97 Å². The van der Waals surface area contributed by atoms with Crippen LogP contribution in [0.1, 0.15) is 81.7 Å². The Balaban J connectivity index is 1.19. The zero-order chi connectivity index (χ0) is 29.6. The van der Waals surface area contributed by atoms with Gasteiger partial charge >= 0.3 is 0 Å². The summed E-state index contributed by atoms with van der Waals surface area (Å²) in [5.41, 5.74) is 9.96. The molecule has 0 spiro atoms. The summed E-state index contributed by atoms with van der Waals surface area (Å²) in [6, 6.07) is 17.9. The number of amides is 1. The predicted molar refractivity (Wildman–Crippen MR) is 168 cm³/mol. The summed E-state index contributed by atoms with van der Waals surface area (Å²) < 4.78 is 5.97. The summed E-state index contributed by atoms with van der Waals surface area (Å²) in [5.74, 6) is 3.30. The number of carbonyl (C=O) groups is 1. The van der Waals surface area contributed by atoms with E-state index in [0.29, 0.717) is 17.7 Å². The fraction of sp³-hybridized carbons (Fsp3) is 0.471. The molecular formula is C34H44N6O2.